The third-order valence-corrected chi connectivity index (χ3v) is 10.00. The van der Waals surface area contributed by atoms with E-state index >= 15 is 0 Å². The van der Waals surface area contributed by atoms with Crippen LogP contribution in [0.1, 0.15) is 207 Å². The first kappa shape index (κ1) is 56.3. The van der Waals surface area contributed by atoms with Gasteiger partial charge in [0.1, 0.15) is 13.2 Å². The molecule has 0 aliphatic rings. The fraction of sp³-hybridized carbons (Fsp3) is 0.648. The summed E-state index contributed by atoms with van der Waals surface area (Å²) < 4.78 is 16.7. The molecule has 0 saturated carbocycles. The second-order valence-corrected chi connectivity index (χ2v) is 15.8. The van der Waals surface area contributed by atoms with Crippen molar-refractivity contribution in [1.29, 1.82) is 0 Å². The van der Waals surface area contributed by atoms with E-state index in [1.54, 1.807) is 0 Å². The fourth-order valence-electron chi connectivity index (χ4n) is 6.39. The molecule has 0 aromatic heterocycles. The molecule has 6 nitrogen and oxygen atoms in total. The molecule has 0 aromatic rings. The highest BCUT2D eigenvalue weighted by Crippen LogP contribution is 2.14. The van der Waals surface area contributed by atoms with E-state index in [1.165, 1.54) is 64.2 Å². The number of unbranched alkanes of at least 4 members (excludes halogenated alkanes) is 20. The molecular formula is C54H88O6. The minimum absolute atomic E-state index is 0.0994. The van der Waals surface area contributed by atoms with Crippen molar-refractivity contribution in [1.82, 2.24) is 0 Å². The first-order chi connectivity index (χ1) is 29.5. The topological polar surface area (TPSA) is 78.9 Å². The van der Waals surface area contributed by atoms with Crippen LogP contribution in [0, 0.1) is 0 Å². The molecule has 0 aliphatic heterocycles. The maximum absolute atomic E-state index is 12.8. The van der Waals surface area contributed by atoms with Gasteiger partial charge in [0.25, 0.3) is 0 Å². The minimum atomic E-state index is -0.799. The number of rotatable bonds is 42. The molecule has 340 valence electrons. The van der Waals surface area contributed by atoms with Gasteiger partial charge in [-0.1, -0.05) is 221 Å². The van der Waals surface area contributed by atoms with Crippen LogP contribution in [0.5, 0.6) is 0 Å². The lowest BCUT2D eigenvalue weighted by Crippen LogP contribution is -2.30. The van der Waals surface area contributed by atoms with Crippen LogP contribution in [0.15, 0.2) is 97.2 Å². The number of esters is 3. The maximum atomic E-state index is 12.8. The van der Waals surface area contributed by atoms with Crippen LogP contribution in [0.4, 0.5) is 0 Å². The van der Waals surface area contributed by atoms with Gasteiger partial charge in [0.2, 0.25) is 0 Å². The number of hydrogen-bond acceptors (Lipinski definition) is 6. The van der Waals surface area contributed by atoms with Gasteiger partial charge in [-0.25, -0.2) is 0 Å². The molecule has 0 heterocycles. The average molecular weight is 833 g/mol. The normalized spacial score (nSPS) is 12.9. The van der Waals surface area contributed by atoms with Crippen molar-refractivity contribution < 1.29 is 28.6 Å². The van der Waals surface area contributed by atoms with Crippen molar-refractivity contribution in [2.75, 3.05) is 13.2 Å². The highest BCUT2D eigenvalue weighted by molar-refractivity contribution is 5.71. The molecule has 0 N–H and O–H groups in total. The minimum Gasteiger partial charge on any atom is -0.462 e. The van der Waals surface area contributed by atoms with Crippen LogP contribution in [0.25, 0.3) is 0 Å². The third kappa shape index (κ3) is 45.4. The van der Waals surface area contributed by atoms with Crippen molar-refractivity contribution in [3.63, 3.8) is 0 Å². The van der Waals surface area contributed by atoms with E-state index in [0.29, 0.717) is 19.3 Å². The molecule has 1 atom stereocenters. The monoisotopic (exact) mass is 833 g/mol. The summed E-state index contributed by atoms with van der Waals surface area (Å²) in [5, 5.41) is 0. The Labute approximate surface area is 368 Å². The van der Waals surface area contributed by atoms with Crippen LogP contribution < -0.4 is 0 Å². The van der Waals surface area contributed by atoms with Crippen molar-refractivity contribution in [3.05, 3.63) is 97.2 Å². The highest BCUT2D eigenvalue weighted by atomic mass is 16.6. The molecule has 1 unspecified atom stereocenters. The van der Waals surface area contributed by atoms with Gasteiger partial charge in [-0.15, -0.1) is 0 Å². The Morgan fingerprint density at radius 1 is 0.367 bits per heavy atom. The molecule has 0 amide bonds. The quantitative estimate of drug-likeness (QED) is 0.0200. The number of carbonyl (C=O) groups is 3. The van der Waals surface area contributed by atoms with E-state index in [1.807, 2.05) is 60.8 Å². The molecule has 0 rings (SSSR count). The van der Waals surface area contributed by atoms with Gasteiger partial charge in [0.05, 0.1) is 0 Å². The first-order valence-corrected chi connectivity index (χ1v) is 24.3. The summed E-state index contributed by atoms with van der Waals surface area (Å²) in [7, 11) is 0. The molecule has 0 aromatic carbocycles. The van der Waals surface area contributed by atoms with Crippen LogP contribution >= 0.6 is 0 Å². The number of ether oxygens (including phenoxy) is 3. The zero-order chi connectivity index (χ0) is 43.7. The zero-order valence-electron chi connectivity index (χ0n) is 38.7. The van der Waals surface area contributed by atoms with Crippen molar-refractivity contribution in [3.8, 4) is 0 Å². The highest BCUT2D eigenvalue weighted by Gasteiger charge is 2.19. The van der Waals surface area contributed by atoms with Gasteiger partial charge >= 0.3 is 17.9 Å². The lowest BCUT2D eigenvalue weighted by Gasteiger charge is -2.18. The smallest absolute Gasteiger partial charge is 0.306 e. The SMILES string of the molecule is CC\C=C/C=C\C=C/C=C\C=C\C=C/CCCCCC(=O)OCC(COC(=O)CCCCCCC/C=C\C/C=C\CC)OC(=O)CCCCCCCCCCCCCCC. The van der Waals surface area contributed by atoms with E-state index < -0.39 is 6.10 Å². The Kier molecular flexibility index (Phi) is 45.1. The Bertz CT molecular complexity index is 1230. The second kappa shape index (κ2) is 48.0. The van der Waals surface area contributed by atoms with E-state index in [9.17, 15) is 14.4 Å². The largest absolute Gasteiger partial charge is 0.462 e. The van der Waals surface area contributed by atoms with Crippen LogP contribution in [0.2, 0.25) is 0 Å². The zero-order valence-corrected chi connectivity index (χ0v) is 38.7. The first-order valence-electron chi connectivity index (χ1n) is 24.3. The van der Waals surface area contributed by atoms with Crippen molar-refractivity contribution in [2.45, 2.75) is 213 Å². The van der Waals surface area contributed by atoms with Crippen molar-refractivity contribution >= 4 is 17.9 Å². The third-order valence-electron chi connectivity index (χ3n) is 10.00. The summed E-state index contributed by atoms with van der Waals surface area (Å²) in [6, 6.07) is 0. The predicted molar refractivity (Wildman–Crippen MR) is 256 cm³/mol. The standard InChI is InChI=1S/C54H88O6/c1-4-7-10-13-16-19-22-25-26-27-28-30-32-35-38-41-44-47-53(56)59-50-51(49-58-52(55)46-43-40-37-34-31-24-21-18-15-12-9-6-3)60-54(57)48-45-42-39-36-33-29-23-20-17-14-11-8-5-2/h7,9-10,12-13,16,18-19,21-22,25-28,30,32,51H,4-6,8,11,14-15,17,20,23-24,29,31,33-50H2,1-3H3/b10-7-,12-9-,16-13-,21-18-,22-19-,26-25-,28-27+,32-30-. The summed E-state index contributed by atoms with van der Waals surface area (Å²) >= 11 is 0. The van der Waals surface area contributed by atoms with Gasteiger partial charge in [0.15, 0.2) is 6.10 Å². The molecule has 0 bridgehead atoms. The van der Waals surface area contributed by atoms with Crippen LogP contribution in [0.3, 0.4) is 0 Å². The molecular weight excluding hydrogens is 745 g/mol. The fourth-order valence-corrected chi connectivity index (χ4v) is 6.39. The molecule has 0 aliphatic carbocycles. The Balaban J connectivity index is 4.50. The second-order valence-electron chi connectivity index (χ2n) is 15.8. The number of carbonyl (C=O) groups excluding carboxylic acids is 3. The van der Waals surface area contributed by atoms with E-state index in [4.69, 9.17) is 14.2 Å². The predicted octanol–water partition coefficient (Wildman–Crippen LogP) is 15.8. The summed E-state index contributed by atoms with van der Waals surface area (Å²) in [5.74, 6) is -0.962. The van der Waals surface area contributed by atoms with Gasteiger partial charge < -0.3 is 14.2 Å². The van der Waals surface area contributed by atoms with Gasteiger partial charge in [-0.05, 0) is 64.2 Å². The molecule has 60 heavy (non-hydrogen) atoms. The van der Waals surface area contributed by atoms with E-state index in [2.05, 4.69) is 57.2 Å². The summed E-state index contributed by atoms with van der Waals surface area (Å²) in [6.07, 6.45) is 62.4. The van der Waals surface area contributed by atoms with Gasteiger partial charge in [0, 0.05) is 19.3 Å². The average Bonchev–Trinajstić information content (AvgIpc) is 3.24. The van der Waals surface area contributed by atoms with Gasteiger partial charge in [-0.2, -0.15) is 0 Å². The Hall–Kier alpha value is -3.67. The Morgan fingerprint density at radius 2 is 0.733 bits per heavy atom. The summed E-state index contributed by atoms with van der Waals surface area (Å²) in [6.45, 7) is 6.32. The number of hydrogen-bond donors (Lipinski definition) is 0. The lowest BCUT2D eigenvalue weighted by molar-refractivity contribution is -0.167. The molecule has 6 heteroatoms. The number of allylic oxidation sites excluding steroid dienone is 16. The molecule has 0 saturated heterocycles. The van der Waals surface area contributed by atoms with E-state index in [-0.39, 0.29) is 31.1 Å². The maximum Gasteiger partial charge on any atom is 0.306 e. The molecule has 0 radical (unpaired) electrons. The van der Waals surface area contributed by atoms with Gasteiger partial charge in [-0.3, -0.25) is 14.4 Å². The van der Waals surface area contributed by atoms with Crippen LogP contribution in [-0.4, -0.2) is 37.2 Å². The molecule has 0 spiro atoms. The van der Waals surface area contributed by atoms with E-state index in [0.717, 1.165) is 103 Å². The van der Waals surface area contributed by atoms with Crippen LogP contribution in [-0.2, 0) is 28.6 Å². The summed E-state index contributed by atoms with van der Waals surface area (Å²) in [4.78, 5) is 37.9. The molecule has 0 fully saturated rings. The Morgan fingerprint density at radius 3 is 1.22 bits per heavy atom. The lowest BCUT2D eigenvalue weighted by atomic mass is 10.0. The summed E-state index contributed by atoms with van der Waals surface area (Å²) in [5.41, 5.74) is 0. The van der Waals surface area contributed by atoms with Crippen molar-refractivity contribution in [2.24, 2.45) is 0 Å².